The van der Waals surface area contributed by atoms with Crippen LogP contribution in [0.1, 0.15) is 38.1 Å². The van der Waals surface area contributed by atoms with Gasteiger partial charge in [-0.05, 0) is 43.9 Å². The van der Waals surface area contributed by atoms with Gasteiger partial charge in [-0.15, -0.1) is 0 Å². The zero-order valence-electron chi connectivity index (χ0n) is 16.6. The Labute approximate surface area is 166 Å². The van der Waals surface area contributed by atoms with E-state index in [1.165, 1.54) is 0 Å². The minimum Gasteiger partial charge on any atom is -0.497 e. The summed E-state index contributed by atoms with van der Waals surface area (Å²) in [6.07, 6.45) is 3.91. The van der Waals surface area contributed by atoms with Gasteiger partial charge < -0.3 is 14.4 Å². The zero-order chi connectivity index (χ0) is 19.4. The van der Waals surface area contributed by atoms with E-state index in [2.05, 4.69) is 18.7 Å². The summed E-state index contributed by atoms with van der Waals surface area (Å²) in [7, 11) is 3.40. The third-order valence-corrected chi connectivity index (χ3v) is 5.44. The van der Waals surface area contributed by atoms with Gasteiger partial charge in [-0.25, -0.2) is 9.97 Å². The smallest absolute Gasteiger partial charge is 0.151 e. The fourth-order valence-electron chi connectivity index (χ4n) is 3.72. The molecule has 2 aromatic rings. The molecule has 0 saturated carbocycles. The predicted molar refractivity (Wildman–Crippen MR) is 110 cm³/mol. The van der Waals surface area contributed by atoms with Crippen LogP contribution in [0.3, 0.4) is 0 Å². The lowest BCUT2D eigenvalue weighted by Crippen LogP contribution is -2.34. The number of nitrogens with zero attached hydrogens (tertiary/aromatic N) is 3. The maximum atomic E-state index is 6.52. The van der Waals surface area contributed by atoms with Gasteiger partial charge in [-0.3, -0.25) is 0 Å². The van der Waals surface area contributed by atoms with Crippen molar-refractivity contribution in [1.82, 2.24) is 9.97 Å². The van der Waals surface area contributed by atoms with Gasteiger partial charge >= 0.3 is 0 Å². The fraction of sp³-hybridized carbons (Fsp3) is 0.524. The van der Waals surface area contributed by atoms with E-state index in [1.54, 1.807) is 14.2 Å². The molecule has 1 aromatic carbocycles. The fourth-order valence-corrected chi connectivity index (χ4v) is 3.98. The quantitative estimate of drug-likeness (QED) is 0.695. The first-order valence-electron chi connectivity index (χ1n) is 9.62. The molecule has 0 bridgehead atoms. The second-order valence-electron chi connectivity index (χ2n) is 6.79. The Morgan fingerprint density at radius 3 is 2.56 bits per heavy atom. The van der Waals surface area contributed by atoms with Crippen molar-refractivity contribution in [2.24, 2.45) is 0 Å². The highest BCUT2D eigenvalue weighted by atomic mass is 35.5. The van der Waals surface area contributed by atoms with E-state index in [1.807, 2.05) is 18.2 Å². The van der Waals surface area contributed by atoms with Crippen LogP contribution >= 0.6 is 11.6 Å². The molecular formula is C21H28ClN3O2. The molecule has 1 atom stereocenters. The summed E-state index contributed by atoms with van der Waals surface area (Å²) < 4.78 is 10.7. The first-order valence-corrected chi connectivity index (χ1v) is 9.99. The molecule has 146 valence electrons. The van der Waals surface area contributed by atoms with E-state index < -0.39 is 0 Å². The van der Waals surface area contributed by atoms with Crippen LogP contribution in [0.15, 0.2) is 18.2 Å². The largest absolute Gasteiger partial charge is 0.497 e. The Bertz CT molecular complexity index is 797. The molecule has 0 N–H and O–H groups in total. The summed E-state index contributed by atoms with van der Waals surface area (Å²) in [5.74, 6) is 1.74. The van der Waals surface area contributed by atoms with Crippen molar-refractivity contribution < 1.29 is 9.47 Å². The molecule has 2 heterocycles. The molecule has 27 heavy (non-hydrogen) atoms. The Hall–Kier alpha value is -1.85. The SMILES string of the molecule is CCc1nc(N2CCC[C@@H]2COC)c(CC)nc1-c1ccc(OC)cc1Cl. The van der Waals surface area contributed by atoms with Gasteiger partial charge in [0.2, 0.25) is 0 Å². The van der Waals surface area contributed by atoms with Crippen molar-refractivity contribution in [3.63, 3.8) is 0 Å². The summed E-state index contributed by atoms with van der Waals surface area (Å²) in [4.78, 5) is 12.4. The van der Waals surface area contributed by atoms with Crippen molar-refractivity contribution in [2.75, 3.05) is 32.3 Å². The average molecular weight is 390 g/mol. The van der Waals surface area contributed by atoms with Crippen LogP contribution in [0.5, 0.6) is 5.75 Å². The minimum atomic E-state index is 0.370. The van der Waals surface area contributed by atoms with Crippen molar-refractivity contribution in [3.8, 4) is 17.0 Å². The van der Waals surface area contributed by atoms with Gasteiger partial charge in [0.05, 0.1) is 41.9 Å². The third kappa shape index (κ3) is 4.04. The summed E-state index contributed by atoms with van der Waals surface area (Å²) in [6, 6.07) is 6.08. The number of hydrogen-bond acceptors (Lipinski definition) is 5. The zero-order valence-corrected chi connectivity index (χ0v) is 17.3. The maximum Gasteiger partial charge on any atom is 0.151 e. The molecule has 6 heteroatoms. The number of anilines is 1. The monoisotopic (exact) mass is 389 g/mol. The Morgan fingerprint density at radius 1 is 1.15 bits per heavy atom. The van der Waals surface area contributed by atoms with Gasteiger partial charge in [0, 0.05) is 19.2 Å². The average Bonchev–Trinajstić information content (AvgIpc) is 3.15. The second kappa shape index (κ2) is 8.89. The topological polar surface area (TPSA) is 47.5 Å². The highest BCUT2D eigenvalue weighted by Crippen LogP contribution is 2.35. The summed E-state index contributed by atoms with van der Waals surface area (Å²) >= 11 is 6.52. The lowest BCUT2D eigenvalue weighted by Gasteiger charge is -2.28. The van der Waals surface area contributed by atoms with Gasteiger partial charge in [0.25, 0.3) is 0 Å². The normalized spacial score (nSPS) is 16.8. The molecule has 1 fully saturated rings. The van der Waals surface area contributed by atoms with Gasteiger partial charge in [0.1, 0.15) is 5.75 Å². The van der Waals surface area contributed by atoms with Crippen LogP contribution in [-0.2, 0) is 17.6 Å². The van der Waals surface area contributed by atoms with E-state index in [4.69, 9.17) is 31.0 Å². The molecule has 0 unspecified atom stereocenters. The highest BCUT2D eigenvalue weighted by molar-refractivity contribution is 6.33. The van der Waals surface area contributed by atoms with E-state index in [0.29, 0.717) is 11.1 Å². The van der Waals surface area contributed by atoms with E-state index in [0.717, 1.165) is 73.0 Å². The van der Waals surface area contributed by atoms with Gasteiger partial charge in [-0.1, -0.05) is 25.4 Å². The highest BCUT2D eigenvalue weighted by Gasteiger charge is 2.29. The number of benzene rings is 1. The molecule has 1 aliphatic rings. The number of ether oxygens (including phenoxy) is 2. The van der Waals surface area contributed by atoms with Crippen LogP contribution in [0, 0.1) is 0 Å². The first-order chi connectivity index (χ1) is 13.1. The number of aromatic nitrogens is 2. The molecule has 1 aliphatic heterocycles. The molecule has 1 saturated heterocycles. The van der Waals surface area contributed by atoms with Crippen LogP contribution in [-0.4, -0.2) is 43.4 Å². The Balaban J connectivity index is 2.07. The number of hydrogen-bond donors (Lipinski definition) is 0. The lowest BCUT2D eigenvalue weighted by molar-refractivity contribution is 0.180. The third-order valence-electron chi connectivity index (χ3n) is 5.13. The standard InChI is InChI=1S/C21H28ClN3O2/c1-5-18-20(16-10-9-15(27-4)12-17(16)22)23-19(6-2)21(24-18)25-11-7-8-14(25)13-26-3/h9-10,12,14H,5-8,11,13H2,1-4H3/t14-/m1/s1. The number of rotatable bonds is 7. The molecular weight excluding hydrogens is 362 g/mol. The predicted octanol–water partition coefficient (Wildman–Crippen LogP) is 4.55. The van der Waals surface area contributed by atoms with Crippen LogP contribution in [0.25, 0.3) is 11.3 Å². The first kappa shape index (κ1) is 19.9. The van der Waals surface area contributed by atoms with Crippen molar-refractivity contribution >= 4 is 17.4 Å². The maximum absolute atomic E-state index is 6.52. The minimum absolute atomic E-state index is 0.370. The molecule has 0 amide bonds. The summed E-state index contributed by atoms with van der Waals surface area (Å²) in [5.41, 5.74) is 3.75. The van der Waals surface area contributed by atoms with Crippen molar-refractivity contribution in [3.05, 3.63) is 34.6 Å². The van der Waals surface area contributed by atoms with Crippen molar-refractivity contribution in [2.45, 2.75) is 45.6 Å². The van der Waals surface area contributed by atoms with Crippen LogP contribution < -0.4 is 9.64 Å². The molecule has 0 aliphatic carbocycles. The summed E-state index contributed by atoms with van der Waals surface area (Å²) in [5, 5.41) is 0.631. The molecule has 0 spiro atoms. The number of halogens is 1. The molecule has 3 rings (SSSR count). The molecule has 0 radical (unpaired) electrons. The van der Waals surface area contributed by atoms with E-state index >= 15 is 0 Å². The summed E-state index contributed by atoms with van der Waals surface area (Å²) in [6.45, 7) is 5.96. The van der Waals surface area contributed by atoms with E-state index in [9.17, 15) is 0 Å². The number of methoxy groups -OCH3 is 2. The molecule has 5 nitrogen and oxygen atoms in total. The van der Waals surface area contributed by atoms with Crippen molar-refractivity contribution in [1.29, 1.82) is 0 Å². The Morgan fingerprint density at radius 2 is 1.93 bits per heavy atom. The van der Waals surface area contributed by atoms with Crippen LogP contribution in [0.4, 0.5) is 5.82 Å². The Kier molecular flexibility index (Phi) is 6.55. The number of aryl methyl sites for hydroxylation is 2. The van der Waals surface area contributed by atoms with Gasteiger partial charge in [0.15, 0.2) is 5.82 Å². The van der Waals surface area contributed by atoms with E-state index in [-0.39, 0.29) is 0 Å². The van der Waals surface area contributed by atoms with Gasteiger partial charge in [-0.2, -0.15) is 0 Å². The lowest BCUT2D eigenvalue weighted by atomic mass is 10.1. The second-order valence-corrected chi connectivity index (χ2v) is 7.19. The van der Waals surface area contributed by atoms with Crippen LogP contribution in [0.2, 0.25) is 5.02 Å². The molecule has 1 aromatic heterocycles.